The Hall–Kier alpha value is -0.770. The van der Waals surface area contributed by atoms with Crippen LogP contribution in [-0.2, 0) is 4.79 Å². The number of carbonyl (C=O) groups excluding carboxylic acids is 1. The van der Waals surface area contributed by atoms with E-state index in [9.17, 15) is 4.79 Å². The van der Waals surface area contributed by atoms with Crippen LogP contribution < -0.4 is 5.32 Å². The number of hydrogen-bond acceptors (Lipinski definition) is 2. The summed E-state index contributed by atoms with van der Waals surface area (Å²) in [5, 5.41) is 4.50. The number of amides is 1. The van der Waals surface area contributed by atoms with Gasteiger partial charge in [0.25, 0.3) is 0 Å². The van der Waals surface area contributed by atoms with E-state index in [1.54, 1.807) is 6.07 Å². The smallest absolute Gasteiger partial charge is 0.226 e. The van der Waals surface area contributed by atoms with Crippen LogP contribution in [0.3, 0.4) is 0 Å². The second kappa shape index (κ2) is 6.15. The molecule has 0 radical (unpaired) electrons. The molecule has 1 N–H and O–H groups in total. The molecule has 2 aliphatic rings. The van der Waals surface area contributed by atoms with Gasteiger partial charge in [-0.3, -0.25) is 4.79 Å². The fourth-order valence-electron chi connectivity index (χ4n) is 3.25. The van der Waals surface area contributed by atoms with Gasteiger partial charge >= 0.3 is 0 Å². The Labute approximate surface area is 135 Å². The number of nitrogens with zero attached hydrogens (tertiary/aromatic N) is 1. The zero-order chi connectivity index (χ0) is 15.0. The molecule has 3 nitrogen and oxygen atoms in total. The summed E-state index contributed by atoms with van der Waals surface area (Å²) in [6, 6.07) is 6.04. The Bertz CT molecular complexity index is 543. The van der Waals surface area contributed by atoms with Gasteiger partial charge in [0.15, 0.2) is 0 Å². The molecular weight excluding hydrogens is 307 g/mol. The van der Waals surface area contributed by atoms with Crippen molar-refractivity contribution in [3.63, 3.8) is 0 Å². The van der Waals surface area contributed by atoms with Gasteiger partial charge in [-0.05, 0) is 49.9 Å². The molecule has 1 amide bonds. The summed E-state index contributed by atoms with van der Waals surface area (Å²) in [7, 11) is 1.94. The summed E-state index contributed by atoms with van der Waals surface area (Å²) in [5.41, 5.74) is 1.02. The van der Waals surface area contributed by atoms with Crippen molar-refractivity contribution >= 4 is 29.1 Å². The molecule has 114 valence electrons. The van der Waals surface area contributed by atoms with E-state index < -0.39 is 0 Å². The Morgan fingerprint density at radius 1 is 1.29 bits per heavy atom. The molecule has 5 heteroatoms. The average Bonchev–Trinajstić information content (AvgIpc) is 3.30. The SMILES string of the molecule is CN(C(=O)[C@H]1C[C@H]1c1cccc(Cl)c1Cl)C1CCNCC1. The normalized spacial score (nSPS) is 25.7. The van der Waals surface area contributed by atoms with Crippen LogP contribution in [0, 0.1) is 5.92 Å². The number of hydrogen-bond donors (Lipinski definition) is 1. The van der Waals surface area contributed by atoms with Gasteiger partial charge in [-0.1, -0.05) is 35.3 Å². The number of piperidine rings is 1. The number of rotatable bonds is 3. The molecule has 1 aliphatic carbocycles. The Balaban J connectivity index is 1.66. The third-order valence-corrected chi connectivity index (χ3v) is 5.53. The minimum absolute atomic E-state index is 0.0702. The largest absolute Gasteiger partial charge is 0.342 e. The highest BCUT2D eigenvalue weighted by atomic mass is 35.5. The van der Waals surface area contributed by atoms with E-state index in [1.165, 1.54) is 0 Å². The fourth-order valence-corrected chi connectivity index (χ4v) is 3.70. The highest BCUT2D eigenvalue weighted by Crippen LogP contribution is 2.51. The maximum atomic E-state index is 12.6. The molecule has 0 unspecified atom stereocenters. The van der Waals surface area contributed by atoms with E-state index >= 15 is 0 Å². The van der Waals surface area contributed by atoms with Crippen LogP contribution >= 0.6 is 23.2 Å². The number of benzene rings is 1. The van der Waals surface area contributed by atoms with E-state index in [1.807, 2.05) is 24.1 Å². The first-order valence-corrected chi connectivity index (χ1v) is 8.26. The van der Waals surface area contributed by atoms with Crippen LogP contribution in [0.15, 0.2) is 18.2 Å². The topological polar surface area (TPSA) is 32.3 Å². The van der Waals surface area contributed by atoms with E-state index in [0.29, 0.717) is 16.1 Å². The van der Waals surface area contributed by atoms with Crippen molar-refractivity contribution in [2.24, 2.45) is 5.92 Å². The van der Waals surface area contributed by atoms with Crippen LogP contribution in [0.1, 0.15) is 30.7 Å². The summed E-state index contributed by atoms with van der Waals surface area (Å²) in [6.07, 6.45) is 2.96. The lowest BCUT2D eigenvalue weighted by molar-refractivity contribution is -0.133. The number of nitrogens with one attached hydrogen (secondary N) is 1. The third kappa shape index (κ3) is 3.05. The number of halogens is 2. The summed E-state index contributed by atoms with van der Waals surface area (Å²) in [5.74, 6) is 0.552. The first-order valence-electron chi connectivity index (χ1n) is 7.51. The summed E-state index contributed by atoms with van der Waals surface area (Å²) in [6.45, 7) is 1.99. The van der Waals surface area contributed by atoms with Crippen molar-refractivity contribution in [3.05, 3.63) is 33.8 Å². The average molecular weight is 327 g/mol. The molecule has 2 fully saturated rings. The monoisotopic (exact) mass is 326 g/mol. The predicted octanol–water partition coefficient (Wildman–Crippen LogP) is 3.31. The van der Waals surface area contributed by atoms with Gasteiger partial charge in [0.2, 0.25) is 5.91 Å². The molecule has 2 atom stereocenters. The van der Waals surface area contributed by atoms with Crippen molar-refractivity contribution < 1.29 is 4.79 Å². The fraction of sp³-hybridized carbons (Fsp3) is 0.562. The summed E-state index contributed by atoms with van der Waals surface area (Å²) in [4.78, 5) is 14.6. The van der Waals surface area contributed by atoms with Crippen molar-refractivity contribution in [1.82, 2.24) is 10.2 Å². The molecular formula is C16H20Cl2N2O. The first-order chi connectivity index (χ1) is 10.1. The molecule has 1 saturated heterocycles. The predicted molar refractivity (Wildman–Crippen MR) is 86.0 cm³/mol. The van der Waals surface area contributed by atoms with Crippen LogP contribution in [-0.4, -0.2) is 37.0 Å². The lowest BCUT2D eigenvalue weighted by atomic mass is 10.0. The van der Waals surface area contributed by atoms with Gasteiger partial charge in [-0.15, -0.1) is 0 Å². The molecule has 3 rings (SSSR count). The minimum atomic E-state index is 0.0702. The Kier molecular flexibility index (Phi) is 4.43. The molecule has 1 heterocycles. The lowest BCUT2D eigenvalue weighted by Gasteiger charge is -2.32. The van der Waals surface area contributed by atoms with Gasteiger partial charge in [0.1, 0.15) is 0 Å². The molecule has 0 aromatic heterocycles. The van der Waals surface area contributed by atoms with E-state index in [0.717, 1.165) is 37.9 Å². The van der Waals surface area contributed by atoms with Gasteiger partial charge in [0, 0.05) is 19.0 Å². The van der Waals surface area contributed by atoms with E-state index in [4.69, 9.17) is 23.2 Å². The van der Waals surface area contributed by atoms with Crippen molar-refractivity contribution in [2.45, 2.75) is 31.2 Å². The molecule has 0 bridgehead atoms. The highest BCUT2D eigenvalue weighted by Gasteiger charge is 2.47. The number of carbonyl (C=O) groups is 1. The van der Waals surface area contributed by atoms with Gasteiger partial charge in [-0.25, -0.2) is 0 Å². The zero-order valence-corrected chi connectivity index (χ0v) is 13.6. The maximum Gasteiger partial charge on any atom is 0.226 e. The maximum absolute atomic E-state index is 12.6. The van der Waals surface area contributed by atoms with Crippen LogP contribution in [0.2, 0.25) is 10.0 Å². The van der Waals surface area contributed by atoms with Crippen LogP contribution in [0.25, 0.3) is 0 Å². The zero-order valence-electron chi connectivity index (χ0n) is 12.1. The van der Waals surface area contributed by atoms with E-state index in [2.05, 4.69) is 5.32 Å². The highest BCUT2D eigenvalue weighted by molar-refractivity contribution is 6.42. The van der Waals surface area contributed by atoms with Crippen LogP contribution in [0.4, 0.5) is 0 Å². The second-order valence-corrected chi connectivity index (χ2v) is 6.81. The molecule has 1 saturated carbocycles. The third-order valence-electron chi connectivity index (χ3n) is 4.69. The van der Waals surface area contributed by atoms with Gasteiger partial charge in [0.05, 0.1) is 10.0 Å². The van der Waals surface area contributed by atoms with Crippen molar-refractivity contribution in [1.29, 1.82) is 0 Å². The van der Waals surface area contributed by atoms with Gasteiger partial charge in [-0.2, -0.15) is 0 Å². The van der Waals surface area contributed by atoms with E-state index in [-0.39, 0.29) is 17.7 Å². The van der Waals surface area contributed by atoms with Crippen LogP contribution in [0.5, 0.6) is 0 Å². The Morgan fingerprint density at radius 2 is 2.00 bits per heavy atom. The molecule has 1 aromatic rings. The summed E-state index contributed by atoms with van der Waals surface area (Å²) >= 11 is 12.3. The second-order valence-electron chi connectivity index (χ2n) is 6.02. The first kappa shape index (κ1) is 15.1. The van der Waals surface area contributed by atoms with Gasteiger partial charge < -0.3 is 10.2 Å². The minimum Gasteiger partial charge on any atom is -0.342 e. The quantitative estimate of drug-likeness (QED) is 0.924. The molecule has 21 heavy (non-hydrogen) atoms. The molecule has 0 spiro atoms. The lowest BCUT2D eigenvalue weighted by Crippen LogP contribution is -2.44. The molecule has 1 aliphatic heterocycles. The Morgan fingerprint density at radius 3 is 2.71 bits per heavy atom. The van der Waals surface area contributed by atoms with Crippen molar-refractivity contribution in [2.75, 3.05) is 20.1 Å². The van der Waals surface area contributed by atoms with Crippen molar-refractivity contribution in [3.8, 4) is 0 Å². The molecule has 1 aromatic carbocycles. The summed E-state index contributed by atoms with van der Waals surface area (Å²) < 4.78 is 0. The standard InChI is InChI=1S/C16H20Cl2N2O/c1-20(10-5-7-19-8-6-10)16(21)13-9-12(13)11-3-2-4-14(17)15(11)18/h2-4,10,12-13,19H,5-9H2,1H3/t12-,13-/m0/s1.